The lowest BCUT2D eigenvalue weighted by Gasteiger charge is -2.31. The van der Waals surface area contributed by atoms with E-state index >= 15 is 0 Å². The van der Waals surface area contributed by atoms with E-state index in [4.69, 9.17) is 4.74 Å². The summed E-state index contributed by atoms with van der Waals surface area (Å²) in [5, 5.41) is 12.1. The minimum Gasteiger partial charge on any atom is -0.480 e. The van der Waals surface area contributed by atoms with Crippen LogP contribution in [0.25, 0.3) is 11.1 Å². The first-order chi connectivity index (χ1) is 15.8. The number of aliphatic carboxylic acids is 1. The summed E-state index contributed by atoms with van der Waals surface area (Å²) in [5.74, 6) is -1.91. The van der Waals surface area contributed by atoms with Crippen LogP contribution in [0.4, 0.5) is 4.79 Å². The number of hydrogen-bond acceptors (Lipinski definition) is 4. The maximum atomic E-state index is 13.0. The number of benzene rings is 2. The second-order valence-corrected chi connectivity index (χ2v) is 9.04. The van der Waals surface area contributed by atoms with Crippen molar-refractivity contribution in [3.8, 4) is 11.1 Å². The highest BCUT2D eigenvalue weighted by molar-refractivity contribution is 5.86. The Morgan fingerprint density at radius 2 is 1.55 bits per heavy atom. The third-order valence-electron chi connectivity index (χ3n) is 6.80. The van der Waals surface area contributed by atoms with E-state index in [2.05, 4.69) is 29.6 Å². The number of amides is 2. The molecule has 2 aromatic carbocycles. The van der Waals surface area contributed by atoms with Crippen LogP contribution in [0.5, 0.6) is 0 Å². The van der Waals surface area contributed by atoms with Gasteiger partial charge in [0.05, 0.1) is 5.92 Å². The van der Waals surface area contributed by atoms with Crippen LogP contribution in [-0.2, 0) is 14.3 Å². The van der Waals surface area contributed by atoms with Crippen molar-refractivity contribution in [2.45, 2.75) is 57.7 Å². The van der Waals surface area contributed by atoms with Crippen molar-refractivity contribution >= 4 is 18.0 Å². The van der Waals surface area contributed by atoms with Gasteiger partial charge in [0.25, 0.3) is 0 Å². The van der Waals surface area contributed by atoms with Gasteiger partial charge in [-0.15, -0.1) is 0 Å². The molecular weight excluding hydrogens is 420 g/mol. The molecule has 4 rings (SSSR count). The molecule has 7 heteroatoms. The molecule has 1 fully saturated rings. The zero-order valence-corrected chi connectivity index (χ0v) is 19.2. The summed E-state index contributed by atoms with van der Waals surface area (Å²) in [5.41, 5.74) is 4.57. The minimum absolute atomic E-state index is 0.0345. The van der Waals surface area contributed by atoms with Crippen molar-refractivity contribution in [1.29, 1.82) is 0 Å². The molecule has 2 N–H and O–H groups in total. The third-order valence-corrected chi connectivity index (χ3v) is 6.80. The maximum Gasteiger partial charge on any atom is 0.407 e. The van der Waals surface area contributed by atoms with E-state index < -0.39 is 30.1 Å². The number of carbonyl (C=O) groups is 3. The number of rotatable bonds is 8. The zero-order chi connectivity index (χ0) is 23.7. The van der Waals surface area contributed by atoms with Crippen molar-refractivity contribution < 1.29 is 24.2 Å². The molecule has 2 aliphatic rings. The van der Waals surface area contributed by atoms with Gasteiger partial charge in [0.2, 0.25) is 5.91 Å². The van der Waals surface area contributed by atoms with Gasteiger partial charge in [0.15, 0.2) is 0 Å². The highest BCUT2D eigenvalue weighted by atomic mass is 16.5. The van der Waals surface area contributed by atoms with Crippen LogP contribution in [-0.4, -0.2) is 52.7 Å². The fourth-order valence-electron chi connectivity index (χ4n) is 4.56. The van der Waals surface area contributed by atoms with Crippen molar-refractivity contribution in [3.05, 3.63) is 59.7 Å². The maximum absolute atomic E-state index is 13.0. The SMILES string of the molecule is CC(NC(=O)OCC1c2ccccc2-c2ccccc21)C(C)C(=O)N(C1CC1)C(C)C(=O)O. The summed E-state index contributed by atoms with van der Waals surface area (Å²) in [6.07, 6.45) is 1.03. The fourth-order valence-corrected chi connectivity index (χ4v) is 4.56. The van der Waals surface area contributed by atoms with Crippen LogP contribution in [0.2, 0.25) is 0 Å². The molecule has 0 heterocycles. The molecule has 1 saturated carbocycles. The molecule has 3 unspecified atom stereocenters. The number of nitrogens with one attached hydrogen (secondary N) is 1. The average Bonchev–Trinajstić information content (AvgIpc) is 3.59. The summed E-state index contributed by atoms with van der Waals surface area (Å²) < 4.78 is 5.58. The van der Waals surface area contributed by atoms with Gasteiger partial charge in [0.1, 0.15) is 12.6 Å². The smallest absolute Gasteiger partial charge is 0.407 e. The largest absolute Gasteiger partial charge is 0.480 e. The zero-order valence-electron chi connectivity index (χ0n) is 19.2. The first-order valence-electron chi connectivity index (χ1n) is 11.5. The molecule has 7 nitrogen and oxygen atoms in total. The second-order valence-electron chi connectivity index (χ2n) is 9.04. The molecule has 2 aliphatic carbocycles. The number of nitrogens with zero attached hydrogens (tertiary/aromatic N) is 1. The highest BCUT2D eigenvalue weighted by Crippen LogP contribution is 2.44. The Kier molecular flexibility index (Phi) is 6.40. The van der Waals surface area contributed by atoms with Gasteiger partial charge in [-0.3, -0.25) is 4.79 Å². The molecule has 2 aromatic rings. The van der Waals surface area contributed by atoms with Gasteiger partial charge < -0.3 is 20.1 Å². The predicted octanol–water partition coefficient (Wildman–Crippen LogP) is 4.01. The van der Waals surface area contributed by atoms with E-state index in [0.717, 1.165) is 35.1 Å². The highest BCUT2D eigenvalue weighted by Gasteiger charge is 2.41. The molecule has 33 heavy (non-hydrogen) atoms. The molecule has 2 amide bonds. The quantitative estimate of drug-likeness (QED) is 0.633. The third kappa shape index (κ3) is 4.58. The predicted molar refractivity (Wildman–Crippen MR) is 124 cm³/mol. The van der Waals surface area contributed by atoms with Crippen LogP contribution in [0, 0.1) is 5.92 Å². The summed E-state index contributed by atoms with van der Waals surface area (Å²) in [6, 6.07) is 14.8. The molecule has 0 spiro atoms. The Bertz CT molecular complexity index is 1020. The number of carbonyl (C=O) groups excluding carboxylic acids is 2. The minimum atomic E-state index is -1.03. The number of hydrogen-bond donors (Lipinski definition) is 2. The molecule has 0 bridgehead atoms. The molecule has 3 atom stereocenters. The van der Waals surface area contributed by atoms with Gasteiger partial charge in [-0.05, 0) is 48.9 Å². The number of carboxylic acid groups (broad SMARTS) is 1. The molecule has 0 aliphatic heterocycles. The van der Waals surface area contributed by atoms with E-state index in [1.165, 1.54) is 11.8 Å². The Balaban J connectivity index is 1.37. The Morgan fingerprint density at radius 1 is 1.00 bits per heavy atom. The summed E-state index contributed by atoms with van der Waals surface area (Å²) in [7, 11) is 0. The van der Waals surface area contributed by atoms with E-state index in [9.17, 15) is 19.5 Å². The molecule has 0 saturated heterocycles. The fraction of sp³-hybridized carbons (Fsp3) is 0.423. The number of carboxylic acids is 1. The van der Waals surface area contributed by atoms with Gasteiger partial charge in [0, 0.05) is 18.0 Å². The lowest BCUT2D eigenvalue weighted by Crippen LogP contribution is -2.51. The monoisotopic (exact) mass is 450 g/mol. The second kappa shape index (κ2) is 9.25. The summed E-state index contributed by atoms with van der Waals surface area (Å²) >= 11 is 0. The number of fused-ring (bicyclic) bond motifs is 3. The standard InChI is InChI=1S/C26H30N2O5/c1-15(24(29)28(18-12-13-18)17(3)25(30)31)16(2)27-26(32)33-14-23-21-10-6-4-8-19(21)20-9-5-7-11-22(20)23/h4-11,15-18,23H,12-14H2,1-3H3,(H,27,32)(H,30,31). The summed E-state index contributed by atoms with van der Waals surface area (Å²) in [4.78, 5) is 38.5. The van der Waals surface area contributed by atoms with E-state index in [0.29, 0.717) is 0 Å². The van der Waals surface area contributed by atoms with Crippen molar-refractivity contribution in [3.63, 3.8) is 0 Å². The van der Waals surface area contributed by atoms with Crippen LogP contribution < -0.4 is 5.32 Å². The van der Waals surface area contributed by atoms with Crippen LogP contribution in [0.15, 0.2) is 48.5 Å². The van der Waals surface area contributed by atoms with Gasteiger partial charge >= 0.3 is 12.1 Å². The Labute approximate surface area is 193 Å². The number of ether oxygens (including phenoxy) is 1. The number of alkyl carbamates (subject to hydrolysis) is 1. The Hall–Kier alpha value is -3.35. The van der Waals surface area contributed by atoms with Crippen molar-refractivity contribution in [2.24, 2.45) is 5.92 Å². The van der Waals surface area contributed by atoms with E-state index in [-0.39, 0.29) is 24.5 Å². The van der Waals surface area contributed by atoms with Gasteiger partial charge in [-0.25, -0.2) is 9.59 Å². The summed E-state index contributed by atoms with van der Waals surface area (Å²) in [6.45, 7) is 5.16. The van der Waals surface area contributed by atoms with Gasteiger partial charge in [-0.2, -0.15) is 0 Å². The van der Waals surface area contributed by atoms with Gasteiger partial charge in [-0.1, -0.05) is 55.5 Å². The van der Waals surface area contributed by atoms with E-state index in [1.54, 1.807) is 13.8 Å². The molecule has 0 aromatic heterocycles. The first kappa shape index (κ1) is 22.8. The Morgan fingerprint density at radius 3 is 2.06 bits per heavy atom. The van der Waals surface area contributed by atoms with Crippen LogP contribution in [0.1, 0.15) is 50.7 Å². The molecule has 174 valence electrons. The van der Waals surface area contributed by atoms with Crippen molar-refractivity contribution in [1.82, 2.24) is 10.2 Å². The van der Waals surface area contributed by atoms with Crippen molar-refractivity contribution in [2.75, 3.05) is 6.61 Å². The first-order valence-corrected chi connectivity index (χ1v) is 11.5. The van der Waals surface area contributed by atoms with E-state index in [1.807, 2.05) is 24.3 Å². The van der Waals surface area contributed by atoms with Crippen LogP contribution >= 0.6 is 0 Å². The normalized spacial score (nSPS) is 17.3. The molecule has 0 radical (unpaired) electrons. The average molecular weight is 451 g/mol. The lowest BCUT2D eigenvalue weighted by molar-refractivity contribution is -0.152. The lowest BCUT2D eigenvalue weighted by atomic mass is 9.98. The molecular formula is C26H30N2O5. The topological polar surface area (TPSA) is 95.9 Å². The van der Waals surface area contributed by atoms with Crippen LogP contribution in [0.3, 0.4) is 0 Å².